The van der Waals surface area contributed by atoms with Gasteiger partial charge < -0.3 is 15.6 Å². The molecule has 0 atom stereocenters. The van der Waals surface area contributed by atoms with Gasteiger partial charge in [-0.25, -0.2) is 4.39 Å². The molecule has 22 heavy (non-hydrogen) atoms. The Hall–Kier alpha value is -1.75. The van der Waals surface area contributed by atoms with E-state index in [1.165, 1.54) is 6.07 Å². The predicted octanol–water partition coefficient (Wildman–Crippen LogP) is 2.66. The Kier molecular flexibility index (Phi) is 7.74. The van der Waals surface area contributed by atoms with Crippen LogP contribution in [-0.4, -0.2) is 30.6 Å². The molecule has 2 rings (SSSR count). The Bertz CT molecular complexity index is 672. The zero-order valence-corrected chi connectivity index (χ0v) is 14.8. The summed E-state index contributed by atoms with van der Waals surface area (Å²) in [5.74, 6) is 2.98. The minimum atomic E-state index is -0.226. The van der Waals surface area contributed by atoms with Gasteiger partial charge >= 0.3 is 0 Å². The van der Waals surface area contributed by atoms with E-state index in [0.717, 1.165) is 29.4 Å². The summed E-state index contributed by atoms with van der Waals surface area (Å²) >= 11 is 0. The third-order valence-electron chi connectivity index (χ3n) is 3.08. The number of H-pyrrole nitrogens is 1. The topological polar surface area (TPSA) is 52.2 Å². The number of nitrogens with zero attached hydrogens (tertiary/aromatic N) is 1. The van der Waals surface area contributed by atoms with E-state index in [4.69, 9.17) is 6.42 Å². The largest absolute Gasteiger partial charge is 0.361 e. The Morgan fingerprint density at radius 3 is 2.95 bits per heavy atom. The number of terminal acetylenes is 1. The van der Waals surface area contributed by atoms with Crippen LogP contribution in [-0.2, 0) is 6.42 Å². The van der Waals surface area contributed by atoms with Crippen molar-refractivity contribution >= 4 is 40.8 Å². The normalized spacial score (nSPS) is 10.9. The van der Waals surface area contributed by atoms with E-state index in [-0.39, 0.29) is 29.8 Å². The van der Waals surface area contributed by atoms with Crippen molar-refractivity contribution in [2.24, 2.45) is 4.99 Å². The molecule has 0 saturated heterocycles. The first-order valence-electron chi connectivity index (χ1n) is 6.95. The molecule has 0 unspecified atom stereocenters. The molecular weight excluding hydrogens is 394 g/mol. The fraction of sp³-hybridized carbons (Fsp3) is 0.312. The number of benzene rings is 1. The lowest BCUT2D eigenvalue weighted by molar-refractivity contribution is 0.629. The van der Waals surface area contributed by atoms with E-state index in [2.05, 4.69) is 26.5 Å². The Morgan fingerprint density at radius 2 is 2.23 bits per heavy atom. The van der Waals surface area contributed by atoms with Gasteiger partial charge in [-0.15, -0.1) is 30.4 Å². The van der Waals surface area contributed by atoms with Gasteiger partial charge in [-0.05, 0) is 37.1 Å². The summed E-state index contributed by atoms with van der Waals surface area (Å²) in [6, 6.07) is 4.75. The summed E-state index contributed by atoms with van der Waals surface area (Å²) in [5.41, 5.74) is 1.99. The van der Waals surface area contributed by atoms with Gasteiger partial charge in [0.1, 0.15) is 5.82 Å². The molecule has 0 fully saturated rings. The Balaban J connectivity index is 0.00000242. The van der Waals surface area contributed by atoms with Crippen LogP contribution < -0.4 is 10.6 Å². The van der Waals surface area contributed by atoms with E-state index in [0.29, 0.717) is 19.0 Å². The summed E-state index contributed by atoms with van der Waals surface area (Å²) in [4.78, 5) is 7.59. The molecule has 0 radical (unpaired) electrons. The fourth-order valence-corrected chi connectivity index (χ4v) is 2.12. The van der Waals surface area contributed by atoms with Gasteiger partial charge in [0.25, 0.3) is 0 Å². The lowest BCUT2D eigenvalue weighted by Gasteiger charge is -2.08. The lowest BCUT2D eigenvalue weighted by Crippen LogP contribution is -2.37. The van der Waals surface area contributed by atoms with Crippen LogP contribution in [0.5, 0.6) is 0 Å². The first-order chi connectivity index (χ1) is 10.2. The number of rotatable bonds is 5. The van der Waals surface area contributed by atoms with Crippen LogP contribution >= 0.6 is 24.0 Å². The van der Waals surface area contributed by atoms with Crippen LogP contribution in [0, 0.1) is 18.2 Å². The zero-order chi connectivity index (χ0) is 15.1. The summed E-state index contributed by atoms with van der Waals surface area (Å²) in [6.07, 6.45) is 7.86. The molecule has 0 aliphatic rings. The van der Waals surface area contributed by atoms with Crippen molar-refractivity contribution in [2.75, 3.05) is 19.6 Å². The molecule has 3 N–H and O–H groups in total. The molecule has 1 aromatic carbocycles. The van der Waals surface area contributed by atoms with E-state index >= 15 is 0 Å². The number of aromatic amines is 1. The summed E-state index contributed by atoms with van der Waals surface area (Å²) < 4.78 is 13.3. The smallest absolute Gasteiger partial charge is 0.192 e. The van der Waals surface area contributed by atoms with Gasteiger partial charge in [0.15, 0.2) is 5.96 Å². The average molecular weight is 414 g/mol. The number of aliphatic imine (C=N–C) groups is 1. The maximum Gasteiger partial charge on any atom is 0.192 e. The molecule has 0 aliphatic heterocycles. The van der Waals surface area contributed by atoms with E-state index in [1.54, 1.807) is 12.1 Å². The summed E-state index contributed by atoms with van der Waals surface area (Å²) in [7, 11) is 0. The molecule has 1 aromatic heterocycles. The third kappa shape index (κ3) is 4.91. The van der Waals surface area contributed by atoms with Crippen molar-refractivity contribution in [3.05, 3.63) is 35.8 Å². The number of nitrogens with one attached hydrogen (secondary N) is 3. The number of guanidine groups is 1. The zero-order valence-electron chi connectivity index (χ0n) is 12.4. The molecule has 0 saturated carbocycles. The number of aromatic nitrogens is 1. The summed E-state index contributed by atoms with van der Waals surface area (Å²) in [6.45, 7) is 3.80. The van der Waals surface area contributed by atoms with Crippen LogP contribution in [0.15, 0.2) is 29.4 Å². The molecule has 0 aliphatic carbocycles. The van der Waals surface area contributed by atoms with Crippen molar-refractivity contribution < 1.29 is 4.39 Å². The SMILES string of the molecule is C#CCNC(=NCCc1c[nH]c2ccc(F)cc12)NCC.I. The van der Waals surface area contributed by atoms with Crippen LogP contribution in [0.3, 0.4) is 0 Å². The molecule has 0 spiro atoms. The molecule has 1 heterocycles. The molecule has 4 nitrogen and oxygen atoms in total. The molecule has 118 valence electrons. The van der Waals surface area contributed by atoms with E-state index in [9.17, 15) is 4.39 Å². The highest BCUT2D eigenvalue weighted by Gasteiger charge is 2.04. The fourth-order valence-electron chi connectivity index (χ4n) is 2.12. The number of halogens is 2. The van der Waals surface area contributed by atoms with Crippen molar-refractivity contribution in [2.45, 2.75) is 13.3 Å². The first-order valence-corrected chi connectivity index (χ1v) is 6.95. The van der Waals surface area contributed by atoms with Crippen molar-refractivity contribution in [1.29, 1.82) is 0 Å². The maximum absolute atomic E-state index is 13.3. The molecule has 0 bridgehead atoms. The van der Waals surface area contributed by atoms with Gasteiger partial charge in [0, 0.05) is 30.2 Å². The minimum Gasteiger partial charge on any atom is -0.361 e. The maximum atomic E-state index is 13.3. The van der Waals surface area contributed by atoms with Gasteiger partial charge in [-0.1, -0.05) is 5.92 Å². The molecule has 2 aromatic rings. The standard InChI is InChI=1S/C16H19FN4.HI/c1-3-8-19-16(18-4-2)20-9-7-12-11-21-15-6-5-13(17)10-14(12)15;/h1,5-6,10-11,21H,4,7-9H2,2H3,(H2,18,19,20);1H. The highest BCUT2D eigenvalue weighted by Crippen LogP contribution is 2.19. The summed E-state index contributed by atoms with van der Waals surface area (Å²) in [5, 5.41) is 7.06. The van der Waals surface area contributed by atoms with Crippen LogP contribution in [0.25, 0.3) is 10.9 Å². The Morgan fingerprint density at radius 1 is 1.41 bits per heavy atom. The third-order valence-corrected chi connectivity index (χ3v) is 3.08. The highest BCUT2D eigenvalue weighted by molar-refractivity contribution is 14.0. The second kappa shape index (κ2) is 9.30. The van der Waals surface area contributed by atoms with Crippen LogP contribution in [0.1, 0.15) is 12.5 Å². The van der Waals surface area contributed by atoms with Gasteiger partial charge in [0.2, 0.25) is 0 Å². The van der Waals surface area contributed by atoms with Crippen molar-refractivity contribution in [3.8, 4) is 12.3 Å². The van der Waals surface area contributed by atoms with Crippen molar-refractivity contribution in [1.82, 2.24) is 15.6 Å². The number of fused-ring (bicyclic) bond motifs is 1. The van der Waals surface area contributed by atoms with Crippen LogP contribution in [0.2, 0.25) is 0 Å². The minimum absolute atomic E-state index is 0. The van der Waals surface area contributed by atoms with E-state index < -0.39 is 0 Å². The first kappa shape index (κ1) is 18.3. The highest BCUT2D eigenvalue weighted by atomic mass is 127. The molecule has 0 amide bonds. The van der Waals surface area contributed by atoms with Crippen LogP contribution in [0.4, 0.5) is 4.39 Å². The van der Waals surface area contributed by atoms with Gasteiger partial charge in [0.05, 0.1) is 6.54 Å². The quantitative estimate of drug-likeness (QED) is 0.305. The molecule has 6 heteroatoms. The lowest BCUT2D eigenvalue weighted by atomic mass is 10.1. The second-order valence-electron chi connectivity index (χ2n) is 4.57. The molecular formula is C16H20FIN4. The van der Waals surface area contributed by atoms with Gasteiger partial charge in [-0.3, -0.25) is 4.99 Å². The average Bonchev–Trinajstić information content (AvgIpc) is 2.87. The monoisotopic (exact) mass is 414 g/mol. The van der Waals surface area contributed by atoms with E-state index in [1.807, 2.05) is 13.1 Å². The second-order valence-corrected chi connectivity index (χ2v) is 4.57. The Labute approximate surface area is 147 Å². The number of hydrogen-bond donors (Lipinski definition) is 3. The number of hydrogen-bond acceptors (Lipinski definition) is 1. The predicted molar refractivity (Wildman–Crippen MR) is 100 cm³/mol. The van der Waals surface area contributed by atoms with Crippen molar-refractivity contribution in [3.63, 3.8) is 0 Å². The van der Waals surface area contributed by atoms with Gasteiger partial charge in [-0.2, -0.15) is 0 Å².